The molecule has 2 N–H and O–H groups in total. The molecule has 2 aromatic heterocycles. The Balaban J connectivity index is 1.36. The lowest BCUT2D eigenvalue weighted by atomic mass is 10.1. The predicted molar refractivity (Wildman–Crippen MR) is 83.9 cm³/mol. The molecule has 2 aromatic rings. The number of anilines is 1. The molecular formula is C15H21N7O. The van der Waals surface area contributed by atoms with Gasteiger partial charge in [-0.3, -0.25) is 5.32 Å². The number of carbonyl (C=O) groups excluding carboxylic acids is 1. The van der Waals surface area contributed by atoms with Gasteiger partial charge >= 0.3 is 6.03 Å². The first kappa shape index (κ1) is 14.2. The molecule has 0 bridgehead atoms. The van der Waals surface area contributed by atoms with Gasteiger partial charge in [-0.1, -0.05) is 0 Å². The third kappa shape index (κ3) is 2.93. The lowest BCUT2D eigenvalue weighted by Crippen LogP contribution is -2.43. The summed E-state index contributed by atoms with van der Waals surface area (Å²) in [5, 5.41) is 14.5. The summed E-state index contributed by atoms with van der Waals surface area (Å²) in [5.41, 5.74) is 0. The zero-order chi connectivity index (χ0) is 15.8. The first-order valence-corrected chi connectivity index (χ1v) is 8.18. The molecule has 8 heteroatoms. The molecule has 2 unspecified atom stereocenters. The Morgan fingerprint density at radius 3 is 3.04 bits per heavy atom. The third-order valence-electron chi connectivity index (χ3n) is 4.74. The predicted octanol–water partition coefficient (Wildman–Crippen LogP) is 1.58. The summed E-state index contributed by atoms with van der Waals surface area (Å²) in [4.78, 5) is 16.5. The van der Waals surface area contributed by atoms with Crippen molar-refractivity contribution in [2.45, 2.75) is 51.2 Å². The Kier molecular flexibility index (Phi) is 3.51. The Bertz CT molecular complexity index is 702. The summed E-state index contributed by atoms with van der Waals surface area (Å²) in [6.45, 7) is 2.82. The second kappa shape index (κ2) is 5.68. The number of hydrogen-bond acceptors (Lipinski definition) is 4. The Morgan fingerprint density at radius 1 is 1.35 bits per heavy atom. The maximum absolute atomic E-state index is 12.3. The van der Waals surface area contributed by atoms with Crippen molar-refractivity contribution in [1.82, 2.24) is 29.9 Å². The van der Waals surface area contributed by atoms with E-state index in [2.05, 4.69) is 32.7 Å². The van der Waals surface area contributed by atoms with Crippen molar-refractivity contribution in [1.29, 1.82) is 0 Å². The van der Waals surface area contributed by atoms with Crippen molar-refractivity contribution in [3.05, 3.63) is 24.4 Å². The zero-order valence-corrected chi connectivity index (χ0v) is 13.1. The van der Waals surface area contributed by atoms with E-state index in [4.69, 9.17) is 0 Å². The quantitative estimate of drug-likeness (QED) is 0.896. The van der Waals surface area contributed by atoms with Gasteiger partial charge in [0.15, 0.2) is 0 Å². The van der Waals surface area contributed by atoms with Crippen molar-refractivity contribution >= 4 is 11.8 Å². The second-order valence-corrected chi connectivity index (χ2v) is 6.43. The van der Waals surface area contributed by atoms with Gasteiger partial charge in [0.05, 0.1) is 24.8 Å². The van der Waals surface area contributed by atoms with Crippen LogP contribution in [0.2, 0.25) is 0 Å². The molecular weight excluding hydrogens is 294 g/mol. The fourth-order valence-electron chi connectivity index (χ4n) is 3.21. The van der Waals surface area contributed by atoms with Crippen LogP contribution in [0.25, 0.3) is 0 Å². The Morgan fingerprint density at radius 2 is 2.22 bits per heavy atom. The van der Waals surface area contributed by atoms with E-state index in [1.54, 1.807) is 12.5 Å². The highest BCUT2D eigenvalue weighted by atomic mass is 16.2. The Labute approximate surface area is 134 Å². The van der Waals surface area contributed by atoms with Gasteiger partial charge < -0.3 is 5.32 Å². The first-order chi connectivity index (χ1) is 11.2. The van der Waals surface area contributed by atoms with Crippen LogP contribution in [0.15, 0.2) is 18.6 Å². The largest absolute Gasteiger partial charge is 0.333 e. The van der Waals surface area contributed by atoms with Crippen LogP contribution in [0.4, 0.5) is 10.6 Å². The van der Waals surface area contributed by atoms with Crippen LogP contribution in [0.3, 0.4) is 0 Å². The molecule has 3 heterocycles. The molecule has 0 spiro atoms. The van der Waals surface area contributed by atoms with Gasteiger partial charge in [0.25, 0.3) is 0 Å². The standard InChI is InChI=1S/C15H21N7O/c1-10(11-2-3-11)22-14(6-7-17-22)20-15(23)19-12-4-5-13-16-9-18-21(13)8-12/h6-7,9-12H,2-5,8H2,1H3,(H2,19,20,23). The summed E-state index contributed by atoms with van der Waals surface area (Å²) in [6.07, 6.45) is 7.50. The lowest BCUT2D eigenvalue weighted by molar-refractivity contribution is 0.243. The van der Waals surface area contributed by atoms with Crippen molar-refractivity contribution in [2.75, 3.05) is 5.32 Å². The fourth-order valence-corrected chi connectivity index (χ4v) is 3.21. The number of aryl methyl sites for hydroxylation is 1. The highest BCUT2D eigenvalue weighted by molar-refractivity contribution is 5.88. The first-order valence-electron chi connectivity index (χ1n) is 8.18. The minimum absolute atomic E-state index is 0.0708. The molecule has 1 aliphatic heterocycles. The smallest absolute Gasteiger partial charge is 0.320 e. The minimum atomic E-state index is -0.191. The fraction of sp³-hybridized carbons (Fsp3) is 0.600. The van der Waals surface area contributed by atoms with Crippen molar-refractivity contribution in [3.63, 3.8) is 0 Å². The van der Waals surface area contributed by atoms with Crippen LogP contribution >= 0.6 is 0 Å². The van der Waals surface area contributed by atoms with Gasteiger partial charge in [-0.2, -0.15) is 10.2 Å². The van der Waals surface area contributed by atoms with Crippen LogP contribution in [0.5, 0.6) is 0 Å². The monoisotopic (exact) mass is 315 g/mol. The van der Waals surface area contributed by atoms with Crippen molar-refractivity contribution in [3.8, 4) is 0 Å². The topological polar surface area (TPSA) is 89.7 Å². The molecule has 8 nitrogen and oxygen atoms in total. The SMILES string of the molecule is CC(C1CC1)n1nccc1NC(=O)NC1CCc2ncnn2C1. The van der Waals surface area contributed by atoms with Gasteiger partial charge in [0.1, 0.15) is 18.0 Å². The summed E-state index contributed by atoms with van der Waals surface area (Å²) in [5.74, 6) is 2.42. The molecule has 2 amide bonds. The van der Waals surface area contributed by atoms with Crippen LogP contribution in [-0.2, 0) is 13.0 Å². The summed E-state index contributed by atoms with van der Waals surface area (Å²) in [6, 6.07) is 2.05. The van der Waals surface area contributed by atoms with E-state index >= 15 is 0 Å². The normalized spacial score (nSPS) is 21.5. The van der Waals surface area contributed by atoms with Gasteiger partial charge in [0, 0.05) is 12.5 Å². The number of carbonyl (C=O) groups is 1. The number of hydrogen-bond donors (Lipinski definition) is 2. The van der Waals surface area contributed by atoms with E-state index in [1.807, 2.05) is 15.4 Å². The highest BCUT2D eigenvalue weighted by Crippen LogP contribution is 2.40. The van der Waals surface area contributed by atoms with E-state index in [0.29, 0.717) is 18.5 Å². The molecule has 2 aliphatic rings. The summed E-state index contributed by atoms with van der Waals surface area (Å²) in [7, 11) is 0. The molecule has 0 aromatic carbocycles. The third-order valence-corrected chi connectivity index (χ3v) is 4.74. The maximum Gasteiger partial charge on any atom is 0.320 e. The Hall–Kier alpha value is -2.38. The second-order valence-electron chi connectivity index (χ2n) is 6.43. The summed E-state index contributed by atoms with van der Waals surface area (Å²) >= 11 is 0. The highest BCUT2D eigenvalue weighted by Gasteiger charge is 2.31. The average Bonchev–Trinajstić information content (AvgIpc) is 3.11. The molecule has 1 fully saturated rings. The maximum atomic E-state index is 12.3. The van der Waals surface area contributed by atoms with Crippen molar-refractivity contribution < 1.29 is 4.79 Å². The number of rotatable bonds is 4. The molecule has 0 radical (unpaired) electrons. The van der Waals surface area contributed by atoms with Crippen LogP contribution in [0, 0.1) is 5.92 Å². The number of aromatic nitrogens is 5. The molecule has 23 heavy (non-hydrogen) atoms. The van der Waals surface area contributed by atoms with Gasteiger partial charge in [-0.15, -0.1) is 0 Å². The number of urea groups is 1. The number of nitrogens with zero attached hydrogens (tertiary/aromatic N) is 5. The zero-order valence-electron chi connectivity index (χ0n) is 13.1. The average molecular weight is 315 g/mol. The van der Waals surface area contributed by atoms with E-state index < -0.39 is 0 Å². The van der Waals surface area contributed by atoms with Crippen molar-refractivity contribution in [2.24, 2.45) is 5.92 Å². The van der Waals surface area contributed by atoms with Gasteiger partial charge in [0.2, 0.25) is 0 Å². The molecule has 4 rings (SSSR count). The molecule has 1 aliphatic carbocycles. The number of nitrogens with one attached hydrogen (secondary N) is 2. The molecule has 0 saturated heterocycles. The number of amides is 2. The minimum Gasteiger partial charge on any atom is -0.333 e. The van der Waals surface area contributed by atoms with Gasteiger partial charge in [-0.05, 0) is 32.1 Å². The molecule has 122 valence electrons. The van der Waals surface area contributed by atoms with Crippen LogP contribution < -0.4 is 10.6 Å². The molecule has 1 saturated carbocycles. The van der Waals surface area contributed by atoms with E-state index in [9.17, 15) is 4.79 Å². The number of fused-ring (bicyclic) bond motifs is 1. The molecule has 2 atom stereocenters. The van der Waals surface area contributed by atoms with E-state index in [-0.39, 0.29) is 12.1 Å². The van der Waals surface area contributed by atoms with E-state index in [1.165, 1.54) is 12.8 Å². The van der Waals surface area contributed by atoms with E-state index in [0.717, 1.165) is 24.5 Å². The van der Waals surface area contributed by atoms with Crippen LogP contribution in [-0.4, -0.2) is 36.6 Å². The summed E-state index contributed by atoms with van der Waals surface area (Å²) < 4.78 is 3.77. The van der Waals surface area contributed by atoms with Crippen LogP contribution in [0.1, 0.15) is 38.1 Å². The van der Waals surface area contributed by atoms with Gasteiger partial charge in [-0.25, -0.2) is 19.1 Å². The lowest BCUT2D eigenvalue weighted by Gasteiger charge is -2.24.